The summed E-state index contributed by atoms with van der Waals surface area (Å²) in [7, 11) is 0. The van der Waals surface area contributed by atoms with Crippen LogP contribution in [0.4, 0.5) is 5.69 Å². The van der Waals surface area contributed by atoms with Crippen molar-refractivity contribution in [1.29, 1.82) is 0 Å². The topological polar surface area (TPSA) is 59.8 Å². The van der Waals surface area contributed by atoms with Crippen LogP contribution in [0.2, 0.25) is 0 Å². The molecule has 6 rings (SSSR count). The molecule has 5 nitrogen and oxygen atoms in total. The van der Waals surface area contributed by atoms with Crippen LogP contribution in [0.25, 0.3) is 11.0 Å². The van der Waals surface area contributed by atoms with Crippen molar-refractivity contribution in [2.45, 2.75) is 19.6 Å². The molecule has 0 fully saturated rings. The summed E-state index contributed by atoms with van der Waals surface area (Å²) >= 11 is 0. The molecule has 1 aromatic heterocycles. The number of hydrogen-bond acceptors (Lipinski definition) is 4. The highest BCUT2D eigenvalue weighted by molar-refractivity contribution is 6.10. The number of carbonyl (C=O) groups excluding carboxylic acids is 1. The second-order valence-electron chi connectivity index (χ2n) is 8.93. The van der Waals surface area contributed by atoms with Gasteiger partial charge in [0.05, 0.1) is 17.0 Å². The lowest BCUT2D eigenvalue weighted by Crippen LogP contribution is -2.29. The van der Waals surface area contributed by atoms with Gasteiger partial charge in [-0.25, -0.2) is 0 Å². The molecule has 0 spiro atoms. The van der Waals surface area contributed by atoms with Crippen LogP contribution in [-0.4, -0.2) is 5.91 Å². The van der Waals surface area contributed by atoms with Gasteiger partial charge in [0.1, 0.15) is 17.9 Å². The van der Waals surface area contributed by atoms with Gasteiger partial charge < -0.3 is 9.15 Å². The summed E-state index contributed by atoms with van der Waals surface area (Å²) in [4.78, 5) is 28.9. The van der Waals surface area contributed by atoms with E-state index in [4.69, 9.17) is 9.15 Å². The zero-order chi connectivity index (χ0) is 24.6. The van der Waals surface area contributed by atoms with Gasteiger partial charge >= 0.3 is 0 Å². The maximum absolute atomic E-state index is 13.7. The minimum absolute atomic E-state index is 0.0914. The average Bonchev–Trinajstić information content (AvgIpc) is 3.21. The first kappa shape index (κ1) is 21.9. The number of fused-ring (bicyclic) bond motifs is 2. The number of benzene rings is 4. The van der Waals surface area contributed by atoms with Gasteiger partial charge in [-0.3, -0.25) is 14.5 Å². The molecule has 1 amide bonds. The Morgan fingerprint density at radius 3 is 2.25 bits per heavy atom. The molecule has 1 atom stereocenters. The predicted molar refractivity (Wildman–Crippen MR) is 140 cm³/mol. The highest BCUT2D eigenvalue weighted by Gasteiger charge is 2.43. The van der Waals surface area contributed by atoms with E-state index in [1.165, 1.54) is 0 Å². The number of anilines is 1. The van der Waals surface area contributed by atoms with E-state index in [-0.39, 0.29) is 17.1 Å². The Morgan fingerprint density at radius 1 is 0.806 bits per heavy atom. The number of hydrogen-bond donors (Lipinski definition) is 0. The van der Waals surface area contributed by atoms with E-state index in [1.54, 1.807) is 29.2 Å². The van der Waals surface area contributed by atoms with Crippen molar-refractivity contribution in [2.75, 3.05) is 4.90 Å². The number of rotatable bonds is 5. The summed E-state index contributed by atoms with van der Waals surface area (Å²) in [6.07, 6.45) is 0. The SMILES string of the molecule is Cc1ccc(N2C(=O)c3oc4ccccc4c(=O)c3C2c2ccc(OCc3ccccc3)cc2)cc1. The van der Waals surface area contributed by atoms with E-state index >= 15 is 0 Å². The van der Waals surface area contributed by atoms with Crippen LogP contribution in [-0.2, 0) is 6.61 Å². The molecule has 5 aromatic rings. The molecule has 4 aromatic carbocycles. The molecule has 5 heteroatoms. The zero-order valence-corrected chi connectivity index (χ0v) is 19.7. The number of ether oxygens (including phenoxy) is 1. The van der Waals surface area contributed by atoms with Crippen LogP contribution in [0.5, 0.6) is 5.75 Å². The number of aryl methyl sites for hydroxylation is 1. The number of carbonyl (C=O) groups is 1. The Bertz CT molecular complexity index is 1620. The van der Waals surface area contributed by atoms with E-state index in [0.29, 0.717) is 34.6 Å². The van der Waals surface area contributed by atoms with E-state index in [9.17, 15) is 9.59 Å². The molecule has 0 N–H and O–H groups in total. The second kappa shape index (κ2) is 8.86. The number of para-hydroxylation sites is 1. The van der Waals surface area contributed by atoms with Crippen LogP contribution >= 0.6 is 0 Å². The van der Waals surface area contributed by atoms with Crippen molar-refractivity contribution >= 4 is 22.6 Å². The van der Waals surface area contributed by atoms with Gasteiger partial charge in [0.25, 0.3) is 5.91 Å². The van der Waals surface area contributed by atoms with E-state index in [0.717, 1.165) is 16.7 Å². The summed E-state index contributed by atoms with van der Waals surface area (Å²) in [6.45, 7) is 2.45. The fourth-order valence-corrected chi connectivity index (χ4v) is 4.69. The van der Waals surface area contributed by atoms with Gasteiger partial charge in [-0.1, -0.05) is 72.3 Å². The minimum Gasteiger partial charge on any atom is -0.489 e. The minimum atomic E-state index is -0.612. The highest BCUT2D eigenvalue weighted by Crippen LogP contribution is 2.41. The summed E-state index contributed by atoms with van der Waals surface area (Å²) in [6, 6.07) is 31.6. The third kappa shape index (κ3) is 3.75. The summed E-state index contributed by atoms with van der Waals surface area (Å²) in [5.41, 5.74) is 4.24. The van der Waals surface area contributed by atoms with Gasteiger partial charge in [-0.05, 0) is 54.4 Å². The normalized spacial score (nSPS) is 14.8. The van der Waals surface area contributed by atoms with E-state index in [2.05, 4.69) is 0 Å². The fraction of sp³-hybridized carbons (Fsp3) is 0.0968. The Labute approximate surface area is 208 Å². The summed E-state index contributed by atoms with van der Waals surface area (Å²) in [5, 5.41) is 0.461. The molecule has 0 bridgehead atoms. The number of nitrogens with zero attached hydrogens (tertiary/aromatic N) is 1. The quantitative estimate of drug-likeness (QED) is 0.295. The molecule has 36 heavy (non-hydrogen) atoms. The molecule has 0 aliphatic carbocycles. The van der Waals surface area contributed by atoms with Crippen LogP contribution in [0.3, 0.4) is 0 Å². The van der Waals surface area contributed by atoms with Crippen molar-refractivity contribution in [1.82, 2.24) is 0 Å². The first-order valence-electron chi connectivity index (χ1n) is 11.8. The van der Waals surface area contributed by atoms with Crippen molar-refractivity contribution < 1.29 is 13.9 Å². The van der Waals surface area contributed by atoms with Gasteiger partial charge in [0.15, 0.2) is 5.43 Å². The van der Waals surface area contributed by atoms with Crippen LogP contribution in [0.1, 0.15) is 38.9 Å². The largest absolute Gasteiger partial charge is 0.489 e. The first-order valence-corrected chi connectivity index (χ1v) is 11.8. The molecule has 0 radical (unpaired) electrons. The fourth-order valence-electron chi connectivity index (χ4n) is 4.69. The third-order valence-electron chi connectivity index (χ3n) is 6.53. The van der Waals surface area contributed by atoms with Gasteiger partial charge in [-0.15, -0.1) is 0 Å². The lowest BCUT2D eigenvalue weighted by molar-refractivity contribution is 0.0971. The molecule has 0 saturated heterocycles. The summed E-state index contributed by atoms with van der Waals surface area (Å²) < 4.78 is 12.0. The molecular formula is C31H23NO4. The average molecular weight is 474 g/mol. The van der Waals surface area contributed by atoms with Crippen molar-refractivity contribution in [3.05, 3.63) is 141 Å². The van der Waals surface area contributed by atoms with Crippen molar-refractivity contribution in [3.8, 4) is 5.75 Å². The first-order chi connectivity index (χ1) is 17.6. The van der Waals surface area contributed by atoms with Crippen LogP contribution in [0.15, 0.2) is 112 Å². The summed E-state index contributed by atoms with van der Waals surface area (Å²) in [5.74, 6) is 0.472. The maximum Gasteiger partial charge on any atom is 0.295 e. The molecule has 1 aliphatic heterocycles. The van der Waals surface area contributed by atoms with Crippen molar-refractivity contribution in [2.24, 2.45) is 0 Å². The van der Waals surface area contributed by atoms with Crippen molar-refractivity contribution in [3.63, 3.8) is 0 Å². The zero-order valence-electron chi connectivity index (χ0n) is 19.7. The predicted octanol–water partition coefficient (Wildman–Crippen LogP) is 6.43. The van der Waals surface area contributed by atoms with E-state index in [1.807, 2.05) is 85.8 Å². The highest BCUT2D eigenvalue weighted by atomic mass is 16.5. The molecule has 2 heterocycles. The van der Waals surface area contributed by atoms with Gasteiger partial charge in [0.2, 0.25) is 5.76 Å². The van der Waals surface area contributed by atoms with E-state index < -0.39 is 6.04 Å². The molecule has 1 unspecified atom stereocenters. The molecular weight excluding hydrogens is 450 g/mol. The van der Waals surface area contributed by atoms with Gasteiger partial charge in [0, 0.05) is 5.69 Å². The van der Waals surface area contributed by atoms with Gasteiger partial charge in [-0.2, -0.15) is 0 Å². The monoisotopic (exact) mass is 473 g/mol. The number of amides is 1. The lowest BCUT2D eigenvalue weighted by Gasteiger charge is -2.25. The molecule has 1 aliphatic rings. The lowest BCUT2D eigenvalue weighted by atomic mass is 9.98. The Morgan fingerprint density at radius 2 is 1.50 bits per heavy atom. The second-order valence-corrected chi connectivity index (χ2v) is 8.93. The Hall–Kier alpha value is -4.64. The Balaban J connectivity index is 1.43. The maximum atomic E-state index is 13.7. The Kier molecular flexibility index (Phi) is 5.38. The van der Waals surface area contributed by atoms with Crippen LogP contribution in [0, 0.1) is 6.92 Å². The molecule has 0 saturated carbocycles. The smallest absolute Gasteiger partial charge is 0.295 e. The standard InChI is InChI=1S/C31H23NO4/c1-20-11-15-23(16-12-20)32-28(22-13-17-24(18-14-22)35-19-21-7-3-2-4-8-21)27-29(33)25-9-5-6-10-26(25)36-30(27)31(32)34/h2-18,28H,19H2,1H3. The van der Waals surface area contributed by atoms with Crippen LogP contribution < -0.4 is 15.1 Å². The third-order valence-corrected chi connectivity index (χ3v) is 6.53. The molecule has 176 valence electrons.